The Morgan fingerprint density at radius 1 is 1.10 bits per heavy atom. The van der Waals surface area contributed by atoms with Crippen LogP contribution < -0.4 is 5.32 Å². The van der Waals surface area contributed by atoms with Crippen LogP contribution in [-0.4, -0.2) is 17.9 Å². The molecule has 0 unspecified atom stereocenters. The molecule has 0 saturated heterocycles. The maximum atomic E-state index is 13.4. The van der Waals surface area contributed by atoms with E-state index in [0.29, 0.717) is 23.3 Å². The molecule has 1 fully saturated rings. The summed E-state index contributed by atoms with van der Waals surface area (Å²) in [5.41, 5.74) is 2.75. The minimum Gasteiger partial charge on any atom is -0.465 e. The van der Waals surface area contributed by atoms with Gasteiger partial charge >= 0.3 is 5.97 Å². The molecule has 1 atom stereocenters. The van der Waals surface area contributed by atoms with Crippen molar-refractivity contribution < 1.29 is 18.7 Å². The monoisotopic (exact) mass is 411 g/mol. The van der Waals surface area contributed by atoms with Crippen LogP contribution in [0.5, 0.6) is 0 Å². The zero-order chi connectivity index (χ0) is 21.5. The highest BCUT2D eigenvalue weighted by atomic mass is 16.5. The van der Waals surface area contributed by atoms with Gasteiger partial charge in [-0.15, -0.1) is 0 Å². The third kappa shape index (κ3) is 4.12. The number of Topliss-reactive ketones (excluding diaryl/α,β-unsaturated/α-hetero) is 1. The zero-order valence-corrected chi connectivity index (χ0v) is 18.6. The molecule has 5 nitrogen and oxygen atoms in total. The number of esters is 1. The second-order valence-corrected chi connectivity index (χ2v) is 9.90. The number of ether oxygens (including phenoxy) is 1. The number of hydrogen-bond donors (Lipinski definition) is 1. The van der Waals surface area contributed by atoms with Crippen molar-refractivity contribution in [3.8, 4) is 0 Å². The maximum Gasteiger partial charge on any atom is 0.337 e. The summed E-state index contributed by atoms with van der Waals surface area (Å²) in [6.45, 7) is 8.00. The fraction of sp³-hybridized carbons (Fsp3) is 0.600. The lowest BCUT2D eigenvalue weighted by molar-refractivity contribution is -0.145. The van der Waals surface area contributed by atoms with Gasteiger partial charge in [-0.2, -0.15) is 0 Å². The molecule has 4 rings (SSSR count). The third-order valence-electron chi connectivity index (χ3n) is 6.58. The van der Waals surface area contributed by atoms with E-state index in [0.717, 1.165) is 49.3 Å². The van der Waals surface area contributed by atoms with Crippen LogP contribution in [0.3, 0.4) is 0 Å². The Bertz CT molecular complexity index is 909. The highest BCUT2D eigenvalue weighted by molar-refractivity contribution is 6.04. The summed E-state index contributed by atoms with van der Waals surface area (Å²) in [5.74, 6) is 0.664. The number of ketones is 1. The average Bonchev–Trinajstić information content (AvgIpc) is 2.91. The number of dihydropyridines is 1. The molecule has 1 saturated carbocycles. The van der Waals surface area contributed by atoms with Gasteiger partial charge in [0.15, 0.2) is 5.78 Å². The van der Waals surface area contributed by atoms with Crippen molar-refractivity contribution in [2.24, 2.45) is 5.41 Å². The highest BCUT2D eigenvalue weighted by Gasteiger charge is 2.44. The van der Waals surface area contributed by atoms with Crippen molar-refractivity contribution in [3.05, 3.63) is 46.2 Å². The standard InChI is InChI=1S/C25H33NO4/c1-15-11-12-20(29-15)23-21(24(28)30-17-9-7-5-6-8-10-17)16(2)26-18-13-25(3,4)14-19(27)22(18)23/h11-12,17,23,26H,5-10,13-14H2,1-4H3/t23-/m0/s1. The van der Waals surface area contributed by atoms with Crippen molar-refractivity contribution in [3.63, 3.8) is 0 Å². The van der Waals surface area contributed by atoms with E-state index in [2.05, 4.69) is 19.2 Å². The van der Waals surface area contributed by atoms with E-state index in [4.69, 9.17) is 9.15 Å². The minimum atomic E-state index is -0.503. The van der Waals surface area contributed by atoms with Gasteiger partial charge in [0.05, 0.1) is 11.5 Å². The van der Waals surface area contributed by atoms with Gasteiger partial charge in [-0.3, -0.25) is 4.79 Å². The Morgan fingerprint density at radius 3 is 2.43 bits per heavy atom. The van der Waals surface area contributed by atoms with Crippen LogP contribution in [0, 0.1) is 12.3 Å². The minimum absolute atomic E-state index is 0.0457. The van der Waals surface area contributed by atoms with Crippen LogP contribution in [0.2, 0.25) is 0 Å². The van der Waals surface area contributed by atoms with Crippen LogP contribution in [0.1, 0.15) is 89.6 Å². The van der Waals surface area contributed by atoms with Crippen LogP contribution in [0.4, 0.5) is 0 Å². The molecular formula is C25H33NO4. The number of furan rings is 1. The van der Waals surface area contributed by atoms with E-state index in [1.807, 2.05) is 26.0 Å². The number of aryl methyl sites for hydroxylation is 1. The Balaban J connectivity index is 1.71. The fourth-order valence-corrected chi connectivity index (χ4v) is 5.17. The topological polar surface area (TPSA) is 68.5 Å². The van der Waals surface area contributed by atoms with Gasteiger partial charge in [0.1, 0.15) is 17.6 Å². The number of hydrogen-bond acceptors (Lipinski definition) is 5. The molecule has 2 heterocycles. The summed E-state index contributed by atoms with van der Waals surface area (Å²) in [5, 5.41) is 3.39. The summed E-state index contributed by atoms with van der Waals surface area (Å²) in [7, 11) is 0. The van der Waals surface area contributed by atoms with Gasteiger partial charge in [0.25, 0.3) is 0 Å². The van der Waals surface area contributed by atoms with Crippen LogP contribution >= 0.6 is 0 Å². The summed E-state index contributed by atoms with van der Waals surface area (Å²) < 4.78 is 11.9. The van der Waals surface area contributed by atoms with Crippen molar-refractivity contribution in [1.82, 2.24) is 5.32 Å². The Labute approximate surface area is 178 Å². The van der Waals surface area contributed by atoms with Gasteiger partial charge in [-0.1, -0.05) is 26.7 Å². The van der Waals surface area contributed by atoms with E-state index in [1.54, 1.807) is 0 Å². The highest BCUT2D eigenvalue weighted by Crippen LogP contribution is 2.47. The third-order valence-corrected chi connectivity index (χ3v) is 6.58. The number of nitrogens with one attached hydrogen (secondary N) is 1. The fourth-order valence-electron chi connectivity index (χ4n) is 5.17. The first-order chi connectivity index (χ1) is 14.2. The molecule has 5 heteroatoms. The Morgan fingerprint density at radius 2 is 1.80 bits per heavy atom. The molecule has 1 aliphatic heterocycles. The molecule has 0 bridgehead atoms. The van der Waals surface area contributed by atoms with E-state index in [-0.39, 0.29) is 23.3 Å². The molecule has 3 aliphatic rings. The predicted molar refractivity (Wildman–Crippen MR) is 115 cm³/mol. The van der Waals surface area contributed by atoms with E-state index >= 15 is 0 Å². The molecule has 162 valence electrons. The maximum absolute atomic E-state index is 13.4. The molecule has 0 aromatic carbocycles. The first-order valence-corrected chi connectivity index (χ1v) is 11.3. The molecular weight excluding hydrogens is 378 g/mol. The van der Waals surface area contributed by atoms with Crippen molar-refractivity contribution in [1.29, 1.82) is 0 Å². The SMILES string of the molecule is CC1=C(C(=O)OC2CCCCCC2)[C@H](c2ccc(C)o2)C2=C(CC(C)(C)CC2=O)N1. The van der Waals surface area contributed by atoms with Crippen LogP contribution in [0.25, 0.3) is 0 Å². The summed E-state index contributed by atoms with van der Waals surface area (Å²) in [6, 6.07) is 3.77. The summed E-state index contributed by atoms with van der Waals surface area (Å²) >= 11 is 0. The molecule has 30 heavy (non-hydrogen) atoms. The largest absolute Gasteiger partial charge is 0.465 e. The second-order valence-electron chi connectivity index (χ2n) is 9.90. The lowest BCUT2D eigenvalue weighted by Gasteiger charge is -2.38. The van der Waals surface area contributed by atoms with Crippen LogP contribution in [0.15, 0.2) is 39.1 Å². The van der Waals surface area contributed by atoms with Gasteiger partial charge in [0, 0.05) is 23.4 Å². The molecule has 0 spiro atoms. The van der Waals surface area contributed by atoms with Gasteiger partial charge in [0.2, 0.25) is 0 Å². The van der Waals surface area contributed by atoms with Gasteiger partial charge < -0.3 is 14.5 Å². The Kier molecular flexibility index (Phi) is 5.65. The first kappa shape index (κ1) is 21.0. The zero-order valence-electron chi connectivity index (χ0n) is 18.6. The lowest BCUT2D eigenvalue weighted by Crippen LogP contribution is -2.39. The molecule has 1 aromatic heterocycles. The molecule has 0 amide bonds. The quantitative estimate of drug-likeness (QED) is 0.528. The van der Waals surface area contributed by atoms with E-state index < -0.39 is 5.92 Å². The number of allylic oxidation sites excluding steroid dienone is 3. The van der Waals surface area contributed by atoms with E-state index in [1.165, 1.54) is 12.8 Å². The smallest absolute Gasteiger partial charge is 0.337 e. The molecule has 2 aliphatic carbocycles. The van der Waals surface area contributed by atoms with Gasteiger partial charge in [-0.25, -0.2) is 4.79 Å². The lowest BCUT2D eigenvalue weighted by atomic mass is 9.69. The Hall–Kier alpha value is -2.30. The average molecular weight is 412 g/mol. The summed E-state index contributed by atoms with van der Waals surface area (Å²) in [4.78, 5) is 26.6. The second kappa shape index (κ2) is 8.09. The number of carbonyl (C=O) groups is 2. The van der Waals surface area contributed by atoms with Crippen molar-refractivity contribution in [2.75, 3.05) is 0 Å². The van der Waals surface area contributed by atoms with Crippen molar-refractivity contribution >= 4 is 11.8 Å². The first-order valence-electron chi connectivity index (χ1n) is 11.3. The predicted octanol–water partition coefficient (Wildman–Crippen LogP) is 5.46. The van der Waals surface area contributed by atoms with Crippen LogP contribution in [-0.2, 0) is 14.3 Å². The van der Waals surface area contributed by atoms with Gasteiger partial charge in [-0.05, 0) is 63.5 Å². The summed E-state index contributed by atoms with van der Waals surface area (Å²) in [6.07, 6.45) is 7.61. The van der Waals surface area contributed by atoms with E-state index in [9.17, 15) is 9.59 Å². The molecule has 0 radical (unpaired) electrons. The normalized spacial score (nSPS) is 24.9. The van der Waals surface area contributed by atoms with Crippen molar-refractivity contribution in [2.45, 2.75) is 91.1 Å². The number of rotatable bonds is 3. The number of carbonyl (C=O) groups excluding carboxylic acids is 2. The molecule has 1 N–H and O–H groups in total. The molecule has 1 aromatic rings.